The fraction of sp³-hybridized carbons (Fsp3) is 0.500. The van der Waals surface area contributed by atoms with Gasteiger partial charge in [-0.15, -0.1) is 0 Å². The topological polar surface area (TPSA) is 93.6 Å². The van der Waals surface area contributed by atoms with E-state index in [4.69, 9.17) is 9.72 Å². The van der Waals surface area contributed by atoms with Crippen molar-refractivity contribution in [2.45, 2.75) is 38.6 Å². The molecule has 0 bridgehead atoms. The molecule has 1 amide bonds. The van der Waals surface area contributed by atoms with Crippen LogP contribution in [0.4, 0.5) is 0 Å². The molecule has 0 radical (unpaired) electrons. The molecule has 8 heteroatoms. The Morgan fingerprint density at radius 3 is 2.73 bits per heavy atom. The van der Waals surface area contributed by atoms with Crippen LogP contribution in [-0.2, 0) is 32.2 Å². The molecule has 1 aromatic carbocycles. The summed E-state index contributed by atoms with van der Waals surface area (Å²) in [5.74, 6) is -0.429. The van der Waals surface area contributed by atoms with Gasteiger partial charge < -0.3 is 9.64 Å². The SMILES string of the molecule is C[C@H]1CCc2nc3ccccc3c(C(=O)OCC(=O)N(C)[C@@H]3CCS(=O)(=O)C3)c2C1. The third-order valence-electron chi connectivity index (χ3n) is 6.19. The van der Waals surface area contributed by atoms with Crippen molar-refractivity contribution >= 4 is 32.6 Å². The van der Waals surface area contributed by atoms with Gasteiger partial charge in [0.1, 0.15) is 0 Å². The Morgan fingerprint density at radius 2 is 2.00 bits per heavy atom. The molecule has 7 nitrogen and oxygen atoms in total. The number of benzene rings is 1. The molecular weight excluding hydrogens is 404 g/mol. The molecule has 4 rings (SSSR count). The van der Waals surface area contributed by atoms with Crippen molar-refractivity contribution < 1.29 is 22.7 Å². The van der Waals surface area contributed by atoms with Crippen LogP contribution in [0.3, 0.4) is 0 Å². The van der Waals surface area contributed by atoms with Crippen molar-refractivity contribution in [3.8, 4) is 0 Å². The summed E-state index contributed by atoms with van der Waals surface area (Å²) >= 11 is 0. The highest BCUT2D eigenvalue weighted by Gasteiger charge is 2.33. The monoisotopic (exact) mass is 430 g/mol. The zero-order valence-corrected chi connectivity index (χ0v) is 18.1. The zero-order valence-electron chi connectivity index (χ0n) is 17.3. The summed E-state index contributed by atoms with van der Waals surface area (Å²) in [7, 11) is -1.53. The van der Waals surface area contributed by atoms with E-state index < -0.39 is 28.3 Å². The fourth-order valence-corrected chi connectivity index (χ4v) is 6.16. The van der Waals surface area contributed by atoms with Gasteiger partial charge in [-0.3, -0.25) is 9.78 Å². The summed E-state index contributed by atoms with van der Waals surface area (Å²) in [5, 5.41) is 0.734. The number of amides is 1. The van der Waals surface area contributed by atoms with E-state index in [0.29, 0.717) is 17.9 Å². The number of carbonyl (C=O) groups is 2. The highest BCUT2D eigenvalue weighted by molar-refractivity contribution is 7.91. The number of aryl methyl sites for hydroxylation is 1. The molecule has 2 atom stereocenters. The van der Waals surface area contributed by atoms with Crippen molar-refractivity contribution in [3.05, 3.63) is 41.1 Å². The van der Waals surface area contributed by atoms with Crippen molar-refractivity contribution in [1.29, 1.82) is 0 Å². The van der Waals surface area contributed by atoms with Crippen LogP contribution in [-0.4, -0.2) is 61.4 Å². The Bertz CT molecular complexity index is 1110. The number of pyridine rings is 1. The van der Waals surface area contributed by atoms with Gasteiger partial charge >= 0.3 is 5.97 Å². The first kappa shape index (κ1) is 20.8. The lowest BCUT2D eigenvalue weighted by Crippen LogP contribution is -2.40. The Morgan fingerprint density at radius 1 is 1.23 bits per heavy atom. The number of fused-ring (bicyclic) bond motifs is 2. The number of ether oxygens (including phenoxy) is 1. The molecule has 0 spiro atoms. The number of likely N-dealkylation sites (N-methyl/N-ethyl adjacent to an activating group) is 1. The number of hydrogen-bond donors (Lipinski definition) is 0. The second kappa shape index (κ2) is 7.98. The molecule has 160 valence electrons. The number of esters is 1. The molecule has 1 aliphatic heterocycles. The second-order valence-corrected chi connectivity index (χ2v) is 10.6. The van der Waals surface area contributed by atoms with Crippen LogP contribution in [0.15, 0.2) is 24.3 Å². The first-order valence-corrected chi connectivity index (χ1v) is 12.1. The smallest absolute Gasteiger partial charge is 0.339 e. The molecule has 2 aliphatic rings. The average molecular weight is 431 g/mol. The van der Waals surface area contributed by atoms with Crippen LogP contribution < -0.4 is 0 Å². The predicted octanol–water partition coefficient (Wildman–Crippen LogP) is 2.16. The van der Waals surface area contributed by atoms with E-state index in [0.717, 1.165) is 41.4 Å². The lowest BCUT2D eigenvalue weighted by molar-refractivity contribution is -0.134. The Kier molecular flexibility index (Phi) is 5.53. The van der Waals surface area contributed by atoms with Crippen LogP contribution in [0.25, 0.3) is 10.9 Å². The first-order chi connectivity index (χ1) is 14.2. The number of hydrogen-bond acceptors (Lipinski definition) is 6. The van der Waals surface area contributed by atoms with Gasteiger partial charge in [0.2, 0.25) is 0 Å². The van der Waals surface area contributed by atoms with Crippen molar-refractivity contribution in [3.63, 3.8) is 0 Å². The van der Waals surface area contributed by atoms with Crippen LogP contribution >= 0.6 is 0 Å². The quantitative estimate of drug-likeness (QED) is 0.690. The van der Waals surface area contributed by atoms with Crippen LogP contribution in [0.5, 0.6) is 0 Å². The molecule has 30 heavy (non-hydrogen) atoms. The largest absolute Gasteiger partial charge is 0.452 e. The maximum absolute atomic E-state index is 13.1. The van der Waals surface area contributed by atoms with Gasteiger partial charge in [-0.2, -0.15) is 0 Å². The van der Waals surface area contributed by atoms with Crippen LogP contribution in [0.1, 0.15) is 41.4 Å². The highest BCUT2D eigenvalue weighted by Crippen LogP contribution is 2.32. The molecule has 0 saturated carbocycles. The summed E-state index contributed by atoms with van der Waals surface area (Å²) in [4.78, 5) is 31.7. The maximum Gasteiger partial charge on any atom is 0.339 e. The summed E-state index contributed by atoms with van der Waals surface area (Å²) in [5.41, 5.74) is 3.09. The Labute approximate surface area is 176 Å². The van der Waals surface area contributed by atoms with Crippen LogP contribution in [0.2, 0.25) is 0 Å². The van der Waals surface area contributed by atoms with Gasteiger partial charge in [-0.05, 0) is 43.2 Å². The average Bonchev–Trinajstić information content (AvgIpc) is 3.09. The van der Waals surface area contributed by atoms with E-state index in [2.05, 4.69) is 6.92 Å². The maximum atomic E-state index is 13.1. The lowest BCUT2D eigenvalue weighted by atomic mass is 9.84. The van der Waals surface area contributed by atoms with E-state index >= 15 is 0 Å². The number of para-hydroxylation sites is 1. The number of nitrogens with zero attached hydrogens (tertiary/aromatic N) is 2. The molecule has 2 aromatic rings. The van der Waals surface area contributed by atoms with Gasteiger partial charge in [0.05, 0.1) is 22.6 Å². The summed E-state index contributed by atoms with van der Waals surface area (Å²) in [6, 6.07) is 7.12. The van der Waals surface area contributed by atoms with E-state index in [1.807, 2.05) is 24.3 Å². The van der Waals surface area contributed by atoms with Gasteiger partial charge in [0.25, 0.3) is 5.91 Å². The Hall–Kier alpha value is -2.48. The third-order valence-corrected chi connectivity index (χ3v) is 7.94. The van der Waals surface area contributed by atoms with Crippen molar-refractivity contribution in [2.75, 3.05) is 25.2 Å². The van der Waals surface area contributed by atoms with E-state index in [1.54, 1.807) is 7.05 Å². The minimum Gasteiger partial charge on any atom is -0.452 e. The van der Waals surface area contributed by atoms with Gasteiger partial charge in [0.15, 0.2) is 16.4 Å². The number of sulfone groups is 1. The lowest BCUT2D eigenvalue weighted by Gasteiger charge is -2.25. The van der Waals surface area contributed by atoms with E-state index in [9.17, 15) is 18.0 Å². The highest BCUT2D eigenvalue weighted by atomic mass is 32.2. The summed E-state index contributed by atoms with van der Waals surface area (Å²) in [6.07, 6.45) is 3.02. The number of aromatic nitrogens is 1. The standard InChI is InChI=1S/C22H26N2O5S/c1-14-7-8-19-17(11-14)21(16-5-3-4-6-18(16)23-19)22(26)29-12-20(25)24(2)15-9-10-30(27,28)13-15/h3-6,14-15H,7-13H2,1-2H3/t14-,15+/m0/s1. The molecule has 1 aliphatic carbocycles. The fourth-order valence-electron chi connectivity index (χ4n) is 4.38. The molecule has 1 aromatic heterocycles. The number of carbonyl (C=O) groups excluding carboxylic acids is 2. The van der Waals surface area contributed by atoms with Crippen LogP contribution in [0, 0.1) is 5.92 Å². The molecule has 0 N–H and O–H groups in total. The van der Waals surface area contributed by atoms with Gasteiger partial charge in [0, 0.05) is 24.2 Å². The summed E-state index contributed by atoms with van der Waals surface area (Å²) in [6.45, 7) is 1.74. The minimum absolute atomic E-state index is 0.0381. The van der Waals surface area contributed by atoms with Crippen molar-refractivity contribution in [1.82, 2.24) is 9.88 Å². The molecule has 0 unspecified atom stereocenters. The first-order valence-electron chi connectivity index (χ1n) is 10.3. The Balaban J connectivity index is 1.55. The van der Waals surface area contributed by atoms with Gasteiger partial charge in [-0.25, -0.2) is 13.2 Å². The minimum atomic E-state index is -3.10. The van der Waals surface area contributed by atoms with Crippen molar-refractivity contribution in [2.24, 2.45) is 5.92 Å². The van der Waals surface area contributed by atoms with Gasteiger partial charge in [-0.1, -0.05) is 25.1 Å². The molecule has 1 fully saturated rings. The predicted molar refractivity (Wildman–Crippen MR) is 113 cm³/mol. The normalized spacial score (nSPS) is 22.5. The summed E-state index contributed by atoms with van der Waals surface area (Å²) < 4.78 is 28.8. The van der Waals surface area contributed by atoms with E-state index in [-0.39, 0.29) is 17.5 Å². The molecular formula is C22H26N2O5S. The third kappa shape index (κ3) is 4.05. The molecule has 2 heterocycles. The molecule has 1 saturated heterocycles. The number of rotatable bonds is 4. The second-order valence-electron chi connectivity index (χ2n) is 8.41. The van der Waals surface area contributed by atoms with E-state index in [1.165, 1.54) is 4.90 Å². The zero-order chi connectivity index (χ0) is 21.5.